The zero-order chi connectivity index (χ0) is 17.6. The maximum Gasteiger partial charge on any atom is 0.223 e. The van der Waals surface area contributed by atoms with Gasteiger partial charge in [0.2, 0.25) is 5.91 Å². The molecule has 132 valence electrons. The van der Waals surface area contributed by atoms with Crippen molar-refractivity contribution in [3.05, 3.63) is 70.7 Å². The fourth-order valence-electron chi connectivity index (χ4n) is 3.40. The van der Waals surface area contributed by atoms with Crippen LogP contribution >= 0.6 is 11.6 Å². The fraction of sp³-hybridized carbons (Fsp3) is 0.381. The van der Waals surface area contributed by atoms with Crippen LogP contribution in [0, 0.1) is 0 Å². The van der Waals surface area contributed by atoms with Gasteiger partial charge in [0.1, 0.15) is 0 Å². The predicted molar refractivity (Wildman–Crippen MR) is 101 cm³/mol. The Morgan fingerprint density at radius 2 is 1.68 bits per heavy atom. The zero-order valence-electron chi connectivity index (χ0n) is 14.5. The number of hydrogen-bond donors (Lipinski definition) is 0. The van der Waals surface area contributed by atoms with Crippen molar-refractivity contribution in [1.82, 2.24) is 4.90 Å². The van der Waals surface area contributed by atoms with Crippen molar-refractivity contribution in [2.75, 3.05) is 20.3 Å². The number of amides is 1. The molecule has 1 saturated heterocycles. The van der Waals surface area contributed by atoms with E-state index in [2.05, 4.69) is 12.1 Å². The van der Waals surface area contributed by atoms with Gasteiger partial charge in [0.25, 0.3) is 0 Å². The highest BCUT2D eigenvalue weighted by molar-refractivity contribution is 6.30. The molecule has 2 aromatic carbocycles. The summed E-state index contributed by atoms with van der Waals surface area (Å²) < 4.78 is 5.41. The summed E-state index contributed by atoms with van der Waals surface area (Å²) >= 11 is 6.03. The Labute approximate surface area is 154 Å². The number of rotatable bonds is 5. The number of carbonyl (C=O) groups excluding carboxylic acids is 1. The number of benzene rings is 2. The normalized spacial score (nSPS) is 16.4. The Kier molecular flexibility index (Phi) is 6.11. The lowest BCUT2D eigenvalue weighted by atomic mass is 9.88. The van der Waals surface area contributed by atoms with Crippen molar-refractivity contribution in [3.63, 3.8) is 0 Å². The summed E-state index contributed by atoms with van der Waals surface area (Å²) in [5, 5.41) is 0.709. The molecule has 0 unspecified atom stereocenters. The molecule has 0 bridgehead atoms. The van der Waals surface area contributed by atoms with Crippen LogP contribution in [0.3, 0.4) is 0 Å². The van der Waals surface area contributed by atoms with Crippen LogP contribution in [0.4, 0.5) is 0 Å². The molecule has 25 heavy (non-hydrogen) atoms. The van der Waals surface area contributed by atoms with Crippen molar-refractivity contribution < 1.29 is 9.53 Å². The molecule has 0 radical (unpaired) electrons. The van der Waals surface area contributed by atoms with Gasteiger partial charge in [-0.2, -0.15) is 0 Å². The molecule has 3 nitrogen and oxygen atoms in total. The second-order valence-corrected chi connectivity index (χ2v) is 7.00. The smallest absolute Gasteiger partial charge is 0.223 e. The van der Waals surface area contributed by atoms with Gasteiger partial charge in [-0.25, -0.2) is 0 Å². The molecule has 0 saturated carbocycles. The van der Waals surface area contributed by atoms with E-state index in [1.165, 1.54) is 0 Å². The molecule has 3 rings (SSSR count). The Morgan fingerprint density at radius 3 is 2.32 bits per heavy atom. The van der Waals surface area contributed by atoms with Crippen LogP contribution in [0.25, 0.3) is 0 Å². The molecule has 1 amide bonds. The van der Waals surface area contributed by atoms with Gasteiger partial charge >= 0.3 is 0 Å². The maximum atomic E-state index is 12.9. The van der Waals surface area contributed by atoms with Gasteiger partial charge in [-0.1, -0.05) is 54.1 Å². The standard InChI is InChI=1S/C21H24ClNO2/c1-23(19-11-13-25-14-12-19)21(24)15-20(16-5-3-2-4-6-16)17-7-9-18(22)10-8-17/h2-10,19-20H,11-15H2,1H3/t20-/m1/s1. The van der Waals surface area contributed by atoms with E-state index in [0.717, 1.165) is 37.2 Å². The van der Waals surface area contributed by atoms with E-state index < -0.39 is 0 Å². The first-order valence-electron chi connectivity index (χ1n) is 8.79. The van der Waals surface area contributed by atoms with Gasteiger partial charge in [-0.3, -0.25) is 4.79 Å². The minimum absolute atomic E-state index is 0.0354. The van der Waals surface area contributed by atoms with Crippen molar-refractivity contribution >= 4 is 17.5 Å². The number of ether oxygens (including phenoxy) is 1. The predicted octanol–water partition coefficient (Wildman–Crippen LogP) is 4.50. The van der Waals surface area contributed by atoms with Crippen LogP contribution in [0.2, 0.25) is 5.02 Å². The van der Waals surface area contributed by atoms with Gasteiger partial charge < -0.3 is 9.64 Å². The zero-order valence-corrected chi connectivity index (χ0v) is 15.3. The third-order valence-corrected chi connectivity index (χ3v) is 5.24. The van der Waals surface area contributed by atoms with Gasteiger partial charge in [-0.05, 0) is 36.1 Å². The lowest BCUT2D eigenvalue weighted by molar-refractivity contribution is -0.133. The van der Waals surface area contributed by atoms with E-state index in [0.29, 0.717) is 11.4 Å². The number of carbonyl (C=O) groups is 1. The third kappa shape index (κ3) is 4.62. The number of nitrogens with zero attached hydrogens (tertiary/aromatic N) is 1. The van der Waals surface area contributed by atoms with E-state index >= 15 is 0 Å². The van der Waals surface area contributed by atoms with E-state index in [1.807, 2.05) is 54.4 Å². The monoisotopic (exact) mass is 357 g/mol. The first kappa shape index (κ1) is 18.0. The molecular weight excluding hydrogens is 334 g/mol. The molecule has 0 aliphatic carbocycles. The van der Waals surface area contributed by atoms with Crippen LogP contribution in [-0.4, -0.2) is 37.1 Å². The Morgan fingerprint density at radius 1 is 1.08 bits per heavy atom. The molecule has 1 aliphatic heterocycles. The summed E-state index contributed by atoms with van der Waals surface area (Å²) in [6, 6.07) is 18.3. The second kappa shape index (κ2) is 8.50. The third-order valence-electron chi connectivity index (χ3n) is 4.98. The minimum Gasteiger partial charge on any atom is -0.381 e. The topological polar surface area (TPSA) is 29.5 Å². The van der Waals surface area contributed by atoms with Crippen molar-refractivity contribution in [1.29, 1.82) is 0 Å². The molecule has 1 fully saturated rings. The summed E-state index contributed by atoms with van der Waals surface area (Å²) in [7, 11) is 1.92. The van der Waals surface area contributed by atoms with Gasteiger partial charge in [0.15, 0.2) is 0 Å². The summed E-state index contributed by atoms with van der Waals surface area (Å²) in [5.74, 6) is 0.212. The quantitative estimate of drug-likeness (QED) is 0.788. The summed E-state index contributed by atoms with van der Waals surface area (Å²) in [6.45, 7) is 1.48. The lowest BCUT2D eigenvalue weighted by Crippen LogP contribution is -2.41. The summed E-state index contributed by atoms with van der Waals surface area (Å²) in [6.07, 6.45) is 2.29. The average molecular weight is 358 g/mol. The van der Waals surface area contributed by atoms with Crippen LogP contribution in [0.5, 0.6) is 0 Å². The molecule has 1 atom stereocenters. The van der Waals surface area contributed by atoms with Crippen LogP contribution in [-0.2, 0) is 9.53 Å². The molecule has 1 aliphatic rings. The molecule has 1 heterocycles. The van der Waals surface area contributed by atoms with Crippen LogP contribution in [0.15, 0.2) is 54.6 Å². The molecule has 0 spiro atoms. The molecule has 0 aromatic heterocycles. The van der Waals surface area contributed by atoms with Crippen LogP contribution < -0.4 is 0 Å². The Balaban J connectivity index is 1.79. The number of halogens is 1. The fourth-order valence-corrected chi connectivity index (χ4v) is 3.53. The van der Waals surface area contributed by atoms with Crippen molar-refractivity contribution in [3.8, 4) is 0 Å². The minimum atomic E-state index is 0.0354. The molecule has 0 N–H and O–H groups in total. The highest BCUT2D eigenvalue weighted by atomic mass is 35.5. The van der Waals surface area contributed by atoms with E-state index in [4.69, 9.17) is 16.3 Å². The Bertz CT molecular complexity index is 681. The molecule has 4 heteroatoms. The highest BCUT2D eigenvalue weighted by Gasteiger charge is 2.26. The summed E-state index contributed by atoms with van der Waals surface area (Å²) in [4.78, 5) is 14.8. The summed E-state index contributed by atoms with van der Waals surface area (Å²) in [5.41, 5.74) is 2.27. The first-order valence-corrected chi connectivity index (χ1v) is 9.17. The van der Waals surface area contributed by atoms with E-state index in [1.54, 1.807) is 0 Å². The second-order valence-electron chi connectivity index (χ2n) is 6.57. The van der Waals surface area contributed by atoms with E-state index in [-0.39, 0.29) is 17.9 Å². The van der Waals surface area contributed by atoms with Crippen LogP contribution in [0.1, 0.15) is 36.3 Å². The van der Waals surface area contributed by atoms with Gasteiger partial charge in [-0.15, -0.1) is 0 Å². The SMILES string of the molecule is CN(C(=O)C[C@H](c1ccccc1)c1ccc(Cl)cc1)C1CCOCC1. The largest absolute Gasteiger partial charge is 0.381 e. The van der Waals surface area contributed by atoms with Crippen molar-refractivity contribution in [2.24, 2.45) is 0 Å². The van der Waals surface area contributed by atoms with E-state index in [9.17, 15) is 4.79 Å². The highest BCUT2D eigenvalue weighted by Crippen LogP contribution is 2.30. The molecule has 2 aromatic rings. The first-order chi connectivity index (χ1) is 12.1. The molecular formula is C21H24ClNO2. The van der Waals surface area contributed by atoms with Gasteiger partial charge in [0.05, 0.1) is 0 Å². The Hall–Kier alpha value is -1.84. The number of hydrogen-bond acceptors (Lipinski definition) is 2. The lowest BCUT2D eigenvalue weighted by Gasteiger charge is -2.32. The maximum absolute atomic E-state index is 12.9. The van der Waals surface area contributed by atoms with Crippen molar-refractivity contribution in [2.45, 2.75) is 31.2 Å². The van der Waals surface area contributed by atoms with Gasteiger partial charge in [0, 0.05) is 43.7 Å². The average Bonchev–Trinajstić information content (AvgIpc) is 2.67.